The smallest absolute Gasteiger partial charge is 0.258 e. The molecule has 2 amide bonds. The third kappa shape index (κ3) is 7.25. The van der Waals surface area contributed by atoms with Crippen molar-refractivity contribution in [2.45, 2.75) is 32.9 Å². The van der Waals surface area contributed by atoms with Crippen molar-refractivity contribution in [1.29, 1.82) is 0 Å². The lowest BCUT2D eigenvalue weighted by molar-refractivity contribution is -0.131. The highest BCUT2D eigenvalue weighted by atomic mass is 16.5. The topological polar surface area (TPSA) is 101 Å². The Kier molecular flexibility index (Phi) is 8.99. The van der Waals surface area contributed by atoms with Gasteiger partial charge in [0.1, 0.15) is 11.5 Å². The lowest BCUT2D eigenvalue weighted by Crippen LogP contribution is -2.47. The van der Waals surface area contributed by atoms with E-state index in [0.717, 1.165) is 22.0 Å². The SMILES string of the molecule is COc1ccccc1CN(C[C@@H](Cc1c[nH]c2ccccc12)NC(=O)COc1ccc(C(C)=O)cc1)C(C)=O. The maximum Gasteiger partial charge on any atom is 0.258 e. The Morgan fingerprint density at radius 3 is 2.36 bits per heavy atom. The third-order valence-electron chi connectivity index (χ3n) is 6.58. The number of fused-ring (bicyclic) bond motifs is 1. The van der Waals surface area contributed by atoms with Crippen LogP contribution in [0.15, 0.2) is 79.0 Å². The highest BCUT2D eigenvalue weighted by Crippen LogP contribution is 2.22. The molecular weight excluding hydrogens is 494 g/mol. The zero-order chi connectivity index (χ0) is 27.8. The van der Waals surface area contributed by atoms with Crippen LogP contribution in [-0.4, -0.2) is 53.8 Å². The molecule has 8 nitrogen and oxygen atoms in total. The summed E-state index contributed by atoms with van der Waals surface area (Å²) >= 11 is 0. The number of H-pyrrole nitrogens is 1. The molecule has 0 radical (unpaired) electrons. The first-order chi connectivity index (χ1) is 18.8. The van der Waals surface area contributed by atoms with Gasteiger partial charge in [-0.05, 0) is 55.3 Å². The normalized spacial score (nSPS) is 11.6. The van der Waals surface area contributed by atoms with E-state index in [4.69, 9.17) is 9.47 Å². The zero-order valence-electron chi connectivity index (χ0n) is 22.4. The minimum atomic E-state index is -0.376. The molecule has 1 heterocycles. The van der Waals surface area contributed by atoms with Crippen LogP contribution in [0.3, 0.4) is 0 Å². The quantitative estimate of drug-likeness (QED) is 0.264. The van der Waals surface area contributed by atoms with E-state index in [1.54, 1.807) is 36.3 Å². The Labute approximate surface area is 227 Å². The van der Waals surface area contributed by atoms with Crippen LogP contribution in [0.2, 0.25) is 0 Å². The van der Waals surface area contributed by atoms with Gasteiger partial charge in [-0.25, -0.2) is 0 Å². The summed E-state index contributed by atoms with van der Waals surface area (Å²) in [5.74, 6) is 0.731. The predicted molar refractivity (Wildman–Crippen MR) is 150 cm³/mol. The van der Waals surface area contributed by atoms with Crippen molar-refractivity contribution in [1.82, 2.24) is 15.2 Å². The Balaban J connectivity index is 1.50. The summed E-state index contributed by atoms with van der Waals surface area (Å²) in [5, 5.41) is 4.13. The van der Waals surface area contributed by atoms with Gasteiger partial charge in [0.25, 0.3) is 5.91 Å². The number of carbonyl (C=O) groups excluding carboxylic acids is 3. The van der Waals surface area contributed by atoms with Gasteiger partial charge in [-0.3, -0.25) is 14.4 Å². The van der Waals surface area contributed by atoms with Crippen LogP contribution in [0, 0.1) is 0 Å². The highest BCUT2D eigenvalue weighted by Gasteiger charge is 2.22. The maximum absolute atomic E-state index is 13.0. The van der Waals surface area contributed by atoms with Crippen LogP contribution in [0.4, 0.5) is 0 Å². The van der Waals surface area contributed by atoms with E-state index in [1.807, 2.05) is 54.7 Å². The molecule has 0 saturated carbocycles. The highest BCUT2D eigenvalue weighted by molar-refractivity contribution is 5.94. The maximum atomic E-state index is 13.0. The fourth-order valence-electron chi connectivity index (χ4n) is 4.54. The second-order valence-electron chi connectivity index (χ2n) is 9.41. The van der Waals surface area contributed by atoms with Crippen molar-refractivity contribution in [3.05, 3.63) is 95.7 Å². The lowest BCUT2D eigenvalue weighted by atomic mass is 10.0. The molecule has 4 aromatic rings. The predicted octanol–water partition coefficient (Wildman–Crippen LogP) is 4.53. The summed E-state index contributed by atoms with van der Waals surface area (Å²) in [6, 6.07) is 21.8. The Bertz CT molecular complexity index is 1440. The van der Waals surface area contributed by atoms with Gasteiger partial charge < -0.3 is 24.7 Å². The van der Waals surface area contributed by atoms with E-state index in [9.17, 15) is 14.4 Å². The molecule has 1 aromatic heterocycles. The molecule has 0 unspecified atom stereocenters. The van der Waals surface area contributed by atoms with Crippen LogP contribution in [0.5, 0.6) is 11.5 Å². The lowest BCUT2D eigenvalue weighted by Gasteiger charge is -2.28. The van der Waals surface area contributed by atoms with Gasteiger partial charge in [-0.15, -0.1) is 0 Å². The van der Waals surface area contributed by atoms with E-state index in [0.29, 0.717) is 36.6 Å². The third-order valence-corrected chi connectivity index (χ3v) is 6.58. The van der Waals surface area contributed by atoms with Crippen molar-refractivity contribution < 1.29 is 23.9 Å². The number of hydrogen-bond donors (Lipinski definition) is 2. The number of nitrogens with one attached hydrogen (secondary N) is 2. The van der Waals surface area contributed by atoms with Gasteiger partial charge in [0.05, 0.1) is 13.2 Å². The average Bonchev–Trinajstić information content (AvgIpc) is 3.34. The molecule has 3 aromatic carbocycles. The van der Waals surface area contributed by atoms with E-state index in [2.05, 4.69) is 10.3 Å². The number of benzene rings is 3. The molecule has 0 spiro atoms. The van der Waals surface area contributed by atoms with Crippen molar-refractivity contribution in [2.24, 2.45) is 0 Å². The van der Waals surface area contributed by atoms with E-state index < -0.39 is 0 Å². The number of amides is 2. The molecule has 8 heteroatoms. The summed E-state index contributed by atoms with van der Waals surface area (Å²) in [7, 11) is 1.60. The van der Waals surface area contributed by atoms with Gasteiger partial charge in [0.15, 0.2) is 12.4 Å². The van der Waals surface area contributed by atoms with Gasteiger partial charge >= 0.3 is 0 Å². The molecule has 0 bridgehead atoms. The van der Waals surface area contributed by atoms with Crippen molar-refractivity contribution in [2.75, 3.05) is 20.3 Å². The van der Waals surface area contributed by atoms with Crippen LogP contribution in [0.25, 0.3) is 10.9 Å². The molecule has 2 N–H and O–H groups in total. The zero-order valence-corrected chi connectivity index (χ0v) is 22.4. The fourth-order valence-corrected chi connectivity index (χ4v) is 4.54. The minimum Gasteiger partial charge on any atom is -0.496 e. The Hall–Kier alpha value is -4.59. The van der Waals surface area contributed by atoms with Gasteiger partial charge in [-0.2, -0.15) is 0 Å². The van der Waals surface area contributed by atoms with Crippen molar-refractivity contribution in [3.8, 4) is 11.5 Å². The summed E-state index contributed by atoms with van der Waals surface area (Å²) in [6.07, 6.45) is 2.45. The van der Waals surface area contributed by atoms with Crippen molar-refractivity contribution in [3.63, 3.8) is 0 Å². The first-order valence-corrected chi connectivity index (χ1v) is 12.8. The van der Waals surface area contributed by atoms with Crippen molar-refractivity contribution >= 4 is 28.5 Å². The second-order valence-corrected chi connectivity index (χ2v) is 9.41. The Morgan fingerprint density at radius 1 is 0.923 bits per heavy atom. The molecular formula is C31H33N3O5. The molecule has 1 atom stereocenters. The monoisotopic (exact) mass is 527 g/mol. The number of methoxy groups -OCH3 is 1. The number of rotatable bonds is 12. The first-order valence-electron chi connectivity index (χ1n) is 12.8. The molecule has 0 aliphatic heterocycles. The van der Waals surface area contributed by atoms with Crippen LogP contribution in [-0.2, 0) is 22.6 Å². The Morgan fingerprint density at radius 2 is 1.64 bits per heavy atom. The number of Topliss-reactive ketones (excluding diaryl/α,β-unsaturated/α-hetero) is 1. The average molecular weight is 528 g/mol. The van der Waals surface area contributed by atoms with E-state index >= 15 is 0 Å². The number of aromatic amines is 1. The number of carbonyl (C=O) groups is 3. The fraction of sp³-hybridized carbons (Fsp3) is 0.258. The second kappa shape index (κ2) is 12.8. The summed E-state index contributed by atoms with van der Waals surface area (Å²) in [6.45, 7) is 3.46. The molecule has 0 aliphatic carbocycles. The van der Waals surface area contributed by atoms with Gasteiger partial charge in [0, 0.05) is 48.2 Å². The minimum absolute atomic E-state index is 0.0393. The van der Waals surface area contributed by atoms with Gasteiger partial charge in [-0.1, -0.05) is 36.4 Å². The number of para-hydroxylation sites is 2. The van der Waals surface area contributed by atoms with Crippen LogP contribution < -0.4 is 14.8 Å². The van der Waals surface area contributed by atoms with E-state index in [-0.39, 0.29) is 30.2 Å². The summed E-state index contributed by atoms with van der Waals surface area (Å²) < 4.78 is 11.1. The number of hydrogen-bond acceptors (Lipinski definition) is 5. The number of aromatic nitrogens is 1. The van der Waals surface area contributed by atoms with Crippen LogP contribution >= 0.6 is 0 Å². The molecule has 0 aliphatic rings. The van der Waals surface area contributed by atoms with Crippen LogP contribution in [0.1, 0.15) is 35.3 Å². The first kappa shape index (κ1) is 27.4. The summed E-state index contributed by atoms with van der Waals surface area (Å²) in [4.78, 5) is 42.2. The molecule has 0 fully saturated rings. The number of nitrogens with zero attached hydrogens (tertiary/aromatic N) is 1. The molecule has 202 valence electrons. The molecule has 39 heavy (non-hydrogen) atoms. The largest absolute Gasteiger partial charge is 0.496 e. The molecule has 0 saturated heterocycles. The molecule has 4 rings (SSSR count). The van der Waals surface area contributed by atoms with Gasteiger partial charge in [0.2, 0.25) is 5.91 Å². The standard InChI is InChI=1S/C31H33N3O5/c1-21(35)23-12-14-27(15-13-23)39-20-31(37)33-26(16-25-17-32-29-10-6-5-9-28(25)29)19-34(22(2)36)18-24-8-4-7-11-30(24)38-3/h4-15,17,26,32H,16,18-20H2,1-3H3,(H,33,37)/t26-/m1/s1. The number of ketones is 1. The summed E-state index contributed by atoms with van der Waals surface area (Å²) in [5.41, 5.74) is 3.50. The van der Waals surface area contributed by atoms with E-state index in [1.165, 1.54) is 13.8 Å². The number of ether oxygens (including phenoxy) is 2.